The summed E-state index contributed by atoms with van der Waals surface area (Å²) in [4.78, 5) is 23.9. The average molecular weight is 378 g/mol. The van der Waals surface area contributed by atoms with Crippen molar-refractivity contribution in [1.82, 2.24) is 4.57 Å². The zero-order valence-electron chi connectivity index (χ0n) is 13.7. The van der Waals surface area contributed by atoms with Crippen LogP contribution in [0.1, 0.15) is 16.3 Å². The first-order valence-electron chi connectivity index (χ1n) is 7.71. The number of aromatic nitrogens is 1. The third kappa shape index (κ3) is 5.00. The van der Waals surface area contributed by atoms with Crippen molar-refractivity contribution in [1.29, 1.82) is 0 Å². The Morgan fingerprint density at radius 3 is 2.48 bits per heavy atom. The zero-order valence-corrected chi connectivity index (χ0v) is 13.7. The van der Waals surface area contributed by atoms with Crippen LogP contribution in [0, 0.1) is 0 Å². The molecule has 0 saturated heterocycles. The number of amides is 1. The van der Waals surface area contributed by atoms with E-state index in [1.165, 1.54) is 28.8 Å². The number of hydrogen-bond donors (Lipinski definition) is 1. The molecule has 140 valence electrons. The maximum Gasteiger partial charge on any atom is 0.573 e. The van der Waals surface area contributed by atoms with E-state index in [2.05, 4.69) is 10.1 Å². The SMILES string of the molecule is O=C(Nc1ccc(OC(F)(F)F)cc1)c1ccc(Cn2ccccc2=O)o1. The molecule has 3 rings (SSSR count). The molecule has 0 bridgehead atoms. The van der Waals surface area contributed by atoms with Crippen LogP contribution < -0.4 is 15.6 Å². The van der Waals surface area contributed by atoms with Crippen molar-refractivity contribution >= 4 is 11.6 Å². The predicted octanol–water partition coefficient (Wildman–Crippen LogP) is 3.64. The van der Waals surface area contributed by atoms with Crippen LogP contribution in [-0.4, -0.2) is 16.8 Å². The van der Waals surface area contributed by atoms with Crippen molar-refractivity contribution in [2.45, 2.75) is 12.9 Å². The fourth-order valence-electron chi connectivity index (χ4n) is 2.28. The highest BCUT2D eigenvalue weighted by Gasteiger charge is 2.31. The Bertz CT molecular complexity index is 991. The number of carbonyl (C=O) groups excluding carboxylic acids is 1. The van der Waals surface area contributed by atoms with Crippen molar-refractivity contribution in [2.24, 2.45) is 0 Å². The van der Waals surface area contributed by atoms with Gasteiger partial charge in [-0.25, -0.2) is 0 Å². The molecular weight excluding hydrogens is 365 g/mol. The summed E-state index contributed by atoms with van der Waals surface area (Å²) in [5, 5.41) is 2.50. The van der Waals surface area contributed by atoms with Gasteiger partial charge >= 0.3 is 6.36 Å². The molecule has 1 aromatic carbocycles. The summed E-state index contributed by atoms with van der Waals surface area (Å²) < 4.78 is 47.0. The highest BCUT2D eigenvalue weighted by molar-refractivity contribution is 6.02. The number of rotatable bonds is 5. The number of nitrogens with one attached hydrogen (secondary N) is 1. The molecule has 0 aliphatic heterocycles. The molecule has 0 saturated carbocycles. The summed E-state index contributed by atoms with van der Waals surface area (Å²) >= 11 is 0. The third-order valence-corrected chi connectivity index (χ3v) is 3.46. The van der Waals surface area contributed by atoms with Gasteiger partial charge in [0, 0.05) is 18.0 Å². The Hall–Kier alpha value is -3.49. The molecule has 0 spiro atoms. The highest BCUT2D eigenvalue weighted by Crippen LogP contribution is 2.24. The second kappa shape index (κ2) is 7.40. The normalized spacial score (nSPS) is 11.2. The standard InChI is InChI=1S/C18H13F3N2O4/c19-18(20,21)27-13-6-4-12(5-7-13)22-17(25)15-9-8-14(26-15)11-23-10-2-1-3-16(23)24/h1-10H,11H2,(H,22,25). The first-order chi connectivity index (χ1) is 12.8. The number of pyridine rings is 1. The number of hydrogen-bond acceptors (Lipinski definition) is 4. The molecule has 0 radical (unpaired) electrons. The van der Waals surface area contributed by atoms with E-state index >= 15 is 0 Å². The fraction of sp³-hybridized carbons (Fsp3) is 0.111. The van der Waals surface area contributed by atoms with Gasteiger partial charge in [-0.3, -0.25) is 9.59 Å². The van der Waals surface area contributed by atoms with E-state index < -0.39 is 18.0 Å². The van der Waals surface area contributed by atoms with E-state index in [-0.39, 0.29) is 23.6 Å². The predicted molar refractivity (Wildman–Crippen MR) is 89.6 cm³/mol. The lowest BCUT2D eigenvalue weighted by Gasteiger charge is -2.09. The summed E-state index contributed by atoms with van der Waals surface area (Å²) in [6.07, 6.45) is -3.19. The van der Waals surface area contributed by atoms with Gasteiger partial charge < -0.3 is 19.0 Å². The van der Waals surface area contributed by atoms with Gasteiger partial charge in [-0.15, -0.1) is 13.2 Å². The molecular formula is C18H13F3N2O4. The first-order valence-corrected chi connectivity index (χ1v) is 7.71. The smallest absolute Gasteiger partial charge is 0.454 e. The number of nitrogens with zero attached hydrogens (tertiary/aromatic N) is 1. The Kier molecular flexibility index (Phi) is 5.02. The molecule has 3 aromatic rings. The lowest BCUT2D eigenvalue weighted by atomic mass is 10.3. The first kappa shape index (κ1) is 18.3. The zero-order chi connectivity index (χ0) is 19.4. The van der Waals surface area contributed by atoms with Gasteiger partial charge in [-0.2, -0.15) is 0 Å². The van der Waals surface area contributed by atoms with Gasteiger partial charge in [-0.1, -0.05) is 6.07 Å². The highest BCUT2D eigenvalue weighted by atomic mass is 19.4. The second-order valence-electron chi connectivity index (χ2n) is 5.46. The molecule has 0 aliphatic carbocycles. The summed E-state index contributed by atoms with van der Waals surface area (Å²) in [7, 11) is 0. The Morgan fingerprint density at radius 2 is 1.81 bits per heavy atom. The van der Waals surface area contributed by atoms with E-state index in [1.807, 2.05) is 0 Å². The van der Waals surface area contributed by atoms with Gasteiger partial charge in [0.2, 0.25) is 0 Å². The van der Waals surface area contributed by atoms with E-state index in [9.17, 15) is 22.8 Å². The minimum Gasteiger partial charge on any atom is -0.454 e. The summed E-state index contributed by atoms with van der Waals surface area (Å²) in [6.45, 7) is 0.163. The molecule has 0 unspecified atom stereocenters. The summed E-state index contributed by atoms with van der Waals surface area (Å²) in [6, 6.07) is 12.4. The lowest BCUT2D eigenvalue weighted by molar-refractivity contribution is -0.274. The second-order valence-corrected chi connectivity index (χ2v) is 5.46. The monoisotopic (exact) mass is 378 g/mol. The number of ether oxygens (including phenoxy) is 1. The molecule has 0 fully saturated rings. The van der Waals surface area contributed by atoms with Gasteiger partial charge in [0.1, 0.15) is 11.5 Å². The minimum atomic E-state index is -4.78. The molecule has 1 N–H and O–H groups in total. The average Bonchev–Trinajstić information content (AvgIpc) is 3.06. The van der Waals surface area contributed by atoms with E-state index in [0.717, 1.165) is 12.1 Å². The molecule has 0 atom stereocenters. The van der Waals surface area contributed by atoms with Gasteiger partial charge in [-0.05, 0) is 42.5 Å². The van der Waals surface area contributed by atoms with E-state index in [4.69, 9.17) is 4.42 Å². The van der Waals surface area contributed by atoms with Crippen LogP contribution in [0.4, 0.5) is 18.9 Å². The molecule has 1 amide bonds. The van der Waals surface area contributed by atoms with Crippen LogP contribution in [0.15, 0.2) is 70.0 Å². The number of furan rings is 1. The van der Waals surface area contributed by atoms with Crippen LogP contribution in [0.3, 0.4) is 0 Å². The molecule has 9 heteroatoms. The molecule has 2 heterocycles. The summed E-state index contributed by atoms with van der Waals surface area (Å²) in [5.41, 5.74) is 0.0628. The van der Waals surface area contributed by atoms with Crippen molar-refractivity contribution in [3.05, 3.63) is 82.7 Å². The largest absolute Gasteiger partial charge is 0.573 e. The van der Waals surface area contributed by atoms with Gasteiger partial charge in [0.25, 0.3) is 11.5 Å². The lowest BCUT2D eigenvalue weighted by Crippen LogP contribution is -2.18. The van der Waals surface area contributed by atoms with Crippen molar-refractivity contribution in [3.63, 3.8) is 0 Å². The molecule has 2 aromatic heterocycles. The topological polar surface area (TPSA) is 73.5 Å². The maximum atomic E-state index is 12.2. The Balaban J connectivity index is 1.64. The number of alkyl halides is 3. The Morgan fingerprint density at radius 1 is 1.07 bits per heavy atom. The maximum absolute atomic E-state index is 12.2. The Labute approximate surface area is 150 Å². The third-order valence-electron chi connectivity index (χ3n) is 3.46. The quantitative estimate of drug-likeness (QED) is 0.736. The number of halogens is 3. The van der Waals surface area contributed by atoms with Gasteiger partial charge in [0.05, 0.1) is 6.54 Å². The van der Waals surface area contributed by atoms with Crippen molar-refractivity contribution in [3.8, 4) is 5.75 Å². The number of benzene rings is 1. The fourth-order valence-corrected chi connectivity index (χ4v) is 2.28. The van der Waals surface area contributed by atoms with E-state index in [0.29, 0.717) is 5.76 Å². The minimum absolute atomic E-state index is 0.00426. The van der Waals surface area contributed by atoms with Gasteiger partial charge in [0.15, 0.2) is 5.76 Å². The summed E-state index contributed by atoms with van der Waals surface area (Å²) in [5.74, 6) is -0.563. The number of anilines is 1. The number of carbonyl (C=O) groups is 1. The van der Waals surface area contributed by atoms with Crippen LogP contribution in [0.25, 0.3) is 0 Å². The molecule has 6 nitrogen and oxygen atoms in total. The van der Waals surface area contributed by atoms with Crippen molar-refractivity contribution < 1.29 is 27.1 Å². The molecule has 27 heavy (non-hydrogen) atoms. The van der Waals surface area contributed by atoms with Crippen LogP contribution in [-0.2, 0) is 6.54 Å². The van der Waals surface area contributed by atoms with E-state index in [1.54, 1.807) is 24.4 Å². The van der Waals surface area contributed by atoms with Crippen molar-refractivity contribution in [2.75, 3.05) is 5.32 Å². The van der Waals surface area contributed by atoms with Crippen LogP contribution >= 0.6 is 0 Å². The van der Waals surface area contributed by atoms with Crippen LogP contribution in [0.5, 0.6) is 5.75 Å². The van der Waals surface area contributed by atoms with Crippen LogP contribution in [0.2, 0.25) is 0 Å². The molecule has 0 aliphatic rings.